The van der Waals surface area contributed by atoms with Crippen molar-refractivity contribution in [3.63, 3.8) is 0 Å². The lowest BCUT2D eigenvalue weighted by molar-refractivity contribution is -0.142. The Morgan fingerprint density at radius 3 is 1.98 bits per heavy atom. The van der Waals surface area contributed by atoms with Crippen molar-refractivity contribution in [3.8, 4) is 11.5 Å². The van der Waals surface area contributed by atoms with Gasteiger partial charge in [-0.25, -0.2) is 4.79 Å². The molecule has 4 N–H and O–H groups in total. The third-order valence-corrected chi connectivity index (χ3v) is 6.07. The van der Waals surface area contributed by atoms with E-state index in [1.807, 2.05) is 30.3 Å². The Labute approximate surface area is 234 Å². The number of likely N-dealkylation sites (N-methyl/N-ethyl adjacent to an activating group) is 1. The summed E-state index contributed by atoms with van der Waals surface area (Å²) < 4.78 is 5.41. The monoisotopic (exact) mass is 547 g/mol. The van der Waals surface area contributed by atoms with Crippen LogP contribution in [0, 0.1) is 0 Å². The molecule has 0 radical (unpaired) electrons. The van der Waals surface area contributed by atoms with Gasteiger partial charge in [-0.05, 0) is 68.7 Å². The Balaban J connectivity index is 1.94. The van der Waals surface area contributed by atoms with Crippen LogP contribution in [0.25, 0.3) is 0 Å². The topological polar surface area (TPSA) is 128 Å². The summed E-state index contributed by atoms with van der Waals surface area (Å²) >= 11 is 0. The van der Waals surface area contributed by atoms with E-state index in [9.17, 15) is 24.6 Å². The van der Waals surface area contributed by atoms with Gasteiger partial charge in [0.05, 0.1) is 0 Å². The minimum Gasteiger partial charge on any atom is -0.508 e. The van der Waals surface area contributed by atoms with E-state index in [1.54, 1.807) is 52.0 Å². The number of phenolic OH excluding ortho intramolecular Hbond substituents is 2. The van der Waals surface area contributed by atoms with Crippen molar-refractivity contribution in [3.05, 3.63) is 95.6 Å². The van der Waals surface area contributed by atoms with E-state index in [4.69, 9.17) is 4.74 Å². The molecule has 2 atom stereocenters. The molecule has 2 unspecified atom stereocenters. The molecule has 0 fully saturated rings. The van der Waals surface area contributed by atoms with E-state index in [2.05, 4.69) is 10.6 Å². The number of aromatic hydroxyl groups is 2. The van der Waals surface area contributed by atoms with Gasteiger partial charge in [0.25, 0.3) is 0 Å². The molecule has 0 aromatic heterocycles. The number of phenols is 2. The molecule has 9 nitrogen and oxygen atoms in total. The number of ether oxygens (including phenoxy) is 1. The number of rotatable bonds is 10. The first-order chi connectivity index (χ1) is 19.0. The summed E-state index contributed by atoms with van der Waals surface area (Å²) in [6.07, 6.45) is -0.668. The van der Waals surface area contributed by atoms with Crippen LogP contribution in [0.5, 0.6) is 11.5 Å². The number of alkyl carbamates (subject to hydrolysis) is 1. The van der Waals surface area contributed by atoms with Crippen LogP contribution in [0.2, 0.25) is 0 Å². The second-order valence-electron chi connectivity index (χ2n) is 10.4. The first kappa shape index (κ1) is 30.0. The van der Waals surface area contributed by atoms with Gasteiger partial charge < -0.3 is 30.5 Å². The van der Waals surface area contributed by atoms with Crippen molar-refractivity contribution >= 4 is 17.9 Å². The molecule has 0 aliphatic rings. The molecular weight excluding hydrogens is 510 g/mol. The van der Waals surface area contributed by atoms with E-state index in [0.29, 0.717) is 11.1 Å². The van der Waals surface area contributed by atoms with Crippen LogP contribution < -0.4 is 10.6 Å². The van der Waals surface area contributed by atoms with Crippen molar-refractivity contribution < 1.29 is 29.3 Å². The van der Waals surface area contributed by atoms with E-state index in [0.717, 1.165) is 5.56 Å². The third kappa shape index (κ3) is 8.76. The molecule has 0 aliphatic carbocycles. The lowest BCUT2D eigenvalue weighted by Crippen LogP contribution is -2.53. The Morgan fingerprint density at radius 2 is 1.43 bits per heavy atom. The van der Waals surface area contributed by atoms with Gasteiger partial charge in [0.1, 0.15) is 29.2 Å². The molecular formula is C31H37N3O6. The number of hydrogen-bond donors (Lipinski definition) is 4. The molecule has 3 aromatic carbocycles. The Kier molecular flexibility index (Phi) is 10.1. The smallest absolute Gasteiger partial charge is 0.408 e. The Hall–Kier alpha value is -4.53. The molecule has 212 valence electrons. The maximum absolute atomic E-state index is 14.1. The average Bonchev–Trinajstić information content (AvgIpc) is 2.91. The molecule has 3 rings (SSSR count). The summed E-state index contributed by atoms with van der Waals surface area (Å²) in [5.74, 6) is -0.803. The average molecular weight is 548 g/mol. The summed E-state index contributed by atoms with van der Waals surface area (Å²) in [5, 5.41) is 25.1. The zero-order chi connectivity index (χ0) is 29.3. The summed E-state index contributed by atoms with van der Waals surface area (Å²) in [5.41, 5.74) is 1.30. The highest BCUT2D eigenvalue weighted by molar-refractivity contribution is 5.92. The molecule has 0 heterocycles. The van der Waals surface area contributed by atoms with Crippen LogP contribution in [0.15, 0.2) is 78.9 Å². The van der Waals surface area contributed by atoms with Crippen LogP contribution in [-0.4, -0.2) is 51.2 Å². The van der Waals surface area contributed by atoms with Crippen molar-refractivity contribution in [2.75, 3.05) is 6.54 Å². The van der Waals surface area contributed by atoms with Gasteiger partial charge in [-0.15, -0.1) is 0 Å². The maximum Gasteiger partial charge on any atom is 0.408 e. The second kappa shape index (κ2) is 13.5. The maximum atomic E-state index is 14.1. The van der Waals surface area contributed by atoms with E-state index < -0.39 is 35.6 Å². The first-order valence-corrected chi connectivity index (χ1v) is 13.2. The molecule has 0 saturated carbocycles. The SMILES string of the molecule is CCN(C(=O)C(Cc1ccc(O)cc1)NC(=O)OC(C)(C)C)C(C(=O)NCc1ccccc1)c1ccc(O)cc1. The number of nitrogens with one attached hydrogen (secondary N) is 2. The van der Waals surface area contributed by atoms with Gasteiger partial charge in [0.2, 0.25) is 11.8 Å². The number of carbonyl (C=O) groups excluding carboxylic acids is 3. The van der Waals surface area contributed by atoms with Crippen molar-refractivity contribution in [1.29, 1.82) is 0 Å². The van der Waals surface area contributed by atoms with Gasteiger partial charge in [-0.2, -0.15) is 0 Å². The minimum atomic E-state index is -1.07. The number of nitrogens with zero attached hydrogens (tertiary/aromatic N) is 1. The largest absolute Gasteiger partial charge is 0.508 e. The highest BCUT2D eigenvalue weighted by Crippen LogP contribution is 2.25. The number of carbonyl (C=O) groups is 3. The fraction of sp³-hybridized carbons (Fsp3) is 0.323. The van der Waals surface area contributed by atoms with Crippen molar-refractivity contribution in [1.82, 2.24) is 15.5 Å². The van der Waals surface area contributed by atoms with Crippen LogP contribution in [0.1, 0.15) is 50.4 Å². The quantitative estimate of drug-likeness (QED) is 0.297. The summed E-state index contributed by atoms with van der Waals surface area (Å²) in [7, 11) is 0. The predicted molar refractivity (Wildman–Crippen MR) is 151 cm³/mol. The number of hydrogen-bond acceptors (Lipinski definition) is 6. The van der Waals surface area contributed by atoms with Gasteiger partial charge in [0, 0.05) is 19.5 Å². The van der Waals surface area contributed by atoms with E-state index in [-0.39, 0.29) is 31.0 Å². The Bertz CT molecular complexity index is 1270. The van der Waals surface area contributed by atoms with Crippen LogP contribution in [-0.2, 0) is 27.3 Å². The van der Waals surface area contributed by atoms with E-state index in [1.165, 1.54) is 29.2 Å². The molecule has 3 amide bonds. The third-order valence-electron chi connectivity index (χ3n) is 6.07. The zero-order valence-electron chi connectivity index (χ0n) is 23.3. The lowest BCUT2D eigenvalue weighted by Gasteiger charge is -2.34. The molecule has 9 heteroatoms. The summed E-state index contributed by atoms with van der Waals surface area (Å²) in [4.78, 5) is 41.9. The van der Waals surface area contributed by atoms with Crippen molar-refractivity contribution in [2.45, 2.75) is 58.3 Å². The highest BCUT2D eigenvalue weighted by Gasteiger charge is 2.35. The van der Waals surface area contributed by atoms with Gasteiger partial charge >= 0.3 is 6.09 Å². The molecule has 0 saturated heterocycles. The predicted octanol–water partition coefficient (Wildman–Crippen LogP) is 4.44. The fourth-order valence-electron chi connectivity index (χ4n) is 4.19. The zero-order valence-corrected chi connectivity index (χ0v) is 23.3. The lowest BCUT2D eigenvalue weighted by atomic mass is 10.00. The molecule has 0 spiro atoms. The van der Waals surface area contributed by atoms with E-state index >= 15 is 0 Å². The number of benzene rings is 3. The van der Waals surface area contributed by atoms with Gasteiger partial charge in [-0.3, -0.25) is 9.59 Å². The molecule has 0 aliphatic heterocycles. The number of amides is 3. The standard InChI is InChI=1S/C31H37N3O6/c1-5-34(27(23-13-17-25(36)18-14-23)28(37)32-20-22-9-7-6-8-10-22)29(38)26(33-30(39)40-31(2,3)4)19-21-11-15-24(35)16-12-21/h6-18,26-27,35-36H,5,19-20H2,1-4H3,(H,32,37)(H,33,39). The van der Waals surface area contributed by atoms with Gasteiger partial charge in [-0.1, -0.05) is 54.6 Å². The summed E-state index contributed by atoms with van der Waals surface area (Å²) in [6, 6.07) is 19.7. The minimum absolute atomic E-state index is 0.0263. The van der Waals surface area contributed by atoms with Crippen LogP contribution in [0.3, 0.4) is 0 Å². The summed E-state index contributed by atoms with van der Waals surface area (Å²) in [6.45, 7) is 7.33. The molecule has 40 heavy (non-hydrogen) atoms. The first-order valence-electron chi connectivity index (χ1n) is 13.2. The van der Waals surface area contributed by atoms with Crippen LogP contribution in [0.4, 0.5) is 4.79 Å². The molecule has 0 bridgehead atoms. The van der Waals surface area contributed by atoms with Crippen molar-refractivity contribution in [2.24, 2.45) is 0 Å². The van der Waals surface area contributed by atoms with Gasteiger partial charge in [0.15, 0.2) is 0 Å². The second-order valence-corrected chi connectivity index (χ2v) is 10.4. The fourth-order valence-corrected chi connectivity index (χ4v) is 4.19. The highest BCUT2D eigenvalue weighted by atomic mass is 16.6. The normalized spacial score (nSPS) is 12.6. The Morgan fingerprint density at radius 1 is 0.850 bits per heavy atom. The molecule has 3 aromatic rings. The van der Waals surface area contributed by atoms with Crippen LogP contribution >= 0.6 is 0 Å².